The second-order valence-electron chi connectivity index (χ2n) is 6.52. The molecule has 0 aliphatic heterocycles. The van der Waals surface area contributed by atoms with E-state index >= 15 is 0 Å². The lowest BCUT2D eigenvalue weighted by Gasteiger charge is -2.16. The number of benzene rings is 2. The number of aromatic nitrogens is 2. The van der Waals surface area contributed by atoms with Crippen molar-refractivity contribution in [3.8, 4) is 16.9 Å². The first-order valence-corrected chi connectivity index (χ1v) is 9.95. The SMILES string of the molecule is COc1ccccc1NC(=O)C(C)n1cnc2scc(-c3ccccc3)c2c1=O. The number of rotatable bonds is 5. The number of carbonyl (C=O) groups excluding carboxylic acids is 1. The molecule has 2 heterocycles. The number of hydrogen-bond donors (Lipinski definition) is 1. The topological polar surface area (TPSA) is 73.2 Å². The maximum absolute atomic E-state index is 13.2. The summed E-state index contributed by atoms with van der Waals surface area (Å²) in [6.45, 7) is 1.67. The molecule has 1 unspecified atom stereocenters. The summed E-state index contributed by atoms with van der Waals surface area (Å²) in [4.78, 5) is 31.1. The number of methoxy groups -OCH3 is 1. The molecule has 1 amide bonds. The van der Waals surface area contributed by atoms with E-state index in [4.69, 9.17) is 4.74 Å². The number of hydrogen-bond acceptors (Lipinski definition) is 5. The summed E-state index contributed by atoms with van der Waals surface area (Å²) >= 11 is 1.42. The van der Waals surface area contributed by atoms with Gasteiger partial charge in [0.2, 0.25) is 5.91 Å². The molecular weight excluding hydrogens is 386 g/mol. The smallest absolute Gasteiger partial charge is 0.263 e. The minimum atomic E-state index is -0.743. The van der Waals surface area contributed by atoms with Gasteiger partial charge in [0, 0.05) is 10.9 Å². The molecule has 7 heteroatoms. The number of para-hydroxylation sites is 2. The van der Waals surface area contributed by atoms with Crippen LogP contribution in [0.2, 0.25) is 0 Å². The van der Waals surface area contributed by atoms with E-state index in [1.807, 2.05) is 41.8 Å². The van der Waals surface area contributed by atoms with Gasteiger partial charge in [-0.25, -0.2) is 4.98 Å². The normalized spacial score (nSPS) is 11.9. The van der Waals surface area contributed by atoms with Crippen molar-refractivity contribution in [1.29, 1.82) is 0 Å². The highest BCUT2D eigenvalue weighted by atomic mass is 32.1. The molecule has 0 saturated heterocycles. The summed E-state index contributed by atoms with van der Waals surface area (Å²) < 4.78 is 6.64. The summed E-state index contributed by atoms with van der Waals surface area (Å²) in [7, 11) is 1.54. The second-order valence-corrected chi connectivity index (χ2v) is 7.38. The van der Waals surface area contributed by atoms with Crippen molar-refractivity contribution in [2.24, 2.45) is 0 Å². The van der Waals surface area contributed by atoms with Gasteiger partial charge < -0.3 is 10.1 Å². The highest BCUT2D eigenvalue weighted by Gasteiger charge is 2.21. The van der Waals surface area contributed by atoms with E-state index < -0.39 is 6.04 Å². The zero-order valence-corrected chi connectivity index (χ0v) is 16.8. The standard InChI is InChI=1S/C22H19N3O3S/c1-14(20(26)24-17-10-6-7-11-18(17)28-2)25-13-23-21-19(22(25)27)16(12-29-21)15-8-4-3-5-9-15/h3-14H,1-2H3,(H,24,26). The van der Waals surface area contributed by atoms with Crippen LogP contribution in [0.25, 0.3) is 21.3 Å². The van der Waals surface area contributed by atoms with Crippen molar-refractivity contribution < 1.29 is 9.53 Å². The molecule has 29 heavy (non-hydrogen) atoms. The second kappa shape index (κ2) is 7.89. The Bertz CT molecular complexity index is 1230. The van der Waals surface area contributed by atoms with Crippen LogP contribution < -0.4 is 15.6 Å². The third kappa shape index (κ3) is 3.52. The van der Waals surface area contributed by atoms with Crippen LogP contribution in [0.5, 0.6) is 5.75 Å². The van der Waals surface area contributed by atoms with E-state index in [1.54, 1.807) is 32.2 Å². The van der Waals surface area contributed by atoms with E-state index in [0.717, 1.165) is 11.1 Å². The van der Waals surface area contributed by atoms with Gasteiger partial charge in [0.15, 0.2) is 0 Å². The van der Waals surface area contributed by atoms with Crippen molar-refractivity contribution in [2.75, 3.05) is 12.4 Å². The zero-order chi connectivity index (χ0) is 20.4. The lowest BCUT2D eigenvalue weighted by molar-refractivity contribution is -0.118. The Morgan fingerprint density at radius 1 is 1.14 bits per heavy atom. The molecule has 0 fully saturated rings. The first kappa shape index (κ1) is 18.9. The molecule has 0 saturated carbocycles. The highest BCUT2D eigenvalue weighted by Crippen LogP contribution is 2.31. The number of thiophene rings is 1. The number of ether oxygens (including phenoxy) is 1. The predicted molar refractivity (Wildman–Crippen MR) is 116 cm³/mol. The van der Waals surface area contributed by atoms with Crippen molar-refractivity contribution in [3.63, 3.8) is 0 Å². The number of fused-ring (bicyclic) bond motifs is 1. The lowest BCUT2D eigenvalue weighted by Crippen LogP contribution is -2.31. The van der Waals surface area contributed by atoms with Crippen LogP contribution in [-0.2, 0) is 4.79 Å². The summed E-state index contributed by atoms with van der Waals surface area (Å²) in [6, 6.07) is 16.1. The fourth-order valence-electron chi connectivity index (χ4n) is 3.16. The van der Waals surface area contributed by atoms with Gasteiger partial charge in [-0.1, -0.05) is 42.5 Å². The summed E-state index contributed by atoms with van der Waals surface area (Å²) in [5.41, 5.74) is 2.09. The maximum Gasteiger partial charge on any atom is 0.263 e. The minimum Gasteiger partial charge on any atom is -0.495 e. The molecule has 4 aromatic rings. The van der Waals surface area contributed by atoms with Crippen LogP contribution in [0.1, 0.15) is 13.0 Å². The summed E-state index contributed by atoms with van der Waals surface area (Å²) in [5, 5.41) is 5.28. The van der Waals surface area contributed by atoms with Crippen LogP contribution >= 0.6 is 11.3 Å². The van der Waals surface area contributed by atoms with E-state index in [0.29, 0.717) is 21.7 Å². The molecule has 0 radical (unpaired) electrons. The van der Waals surface area contributed by atoms with Crippen LogP contribution in [0.3, 0.4) is 0 Å². The highest BCUT2D eigenvalue weighted by molar-refractivity contribution is 7.17. The van der Waals surface area contributed by atoms with Gasteiger partial charge in [0.25, 0.3) is 5.56 Å². The number of nitrogens with one attached hydrogen (secondary N) is 1. The van der Waals surface area contributed by atoms with E-state index in [-0.39, 0.29) is 11.5 Å². The van der Waals surface area contributed by atoms with Gasteiger partial charge in [-0.05, 0) is 24.6 Å². The Hall–Kier alpha value is -3.45. The molecular formula is C22H19N3O3S. The van der Waals surface area contributed by atoms with Gasteiger partial charge in [0.1, 0.15) is 16.6 Å². The molecule has 2 aromatic carbocycles. The molecule has 1 N–H and O–H groups in total. The number of nitrogens with zero attached hydrogens (tertiary/aromatic N) is 2. The summed E-state index contributed by atoms with van der Waals surface area (Å²) in [5.74, 6) is 0.229. The quantitative estimate of drug-likeness (QED) is 0.536. The van der Waals surface area contributed by atoms with Crippen LogP contribution in [0.4, 0.5) is 5.69 Å². The number of carbonyl (C=O) groups is 1. The van der Waals surface area contributed by atoms with Crippen molar-refractivity contribution >= 4 is 33.1 Å². The first-order chi connectivity index (χ1) is 14.1. The lowest BCUT2D eigenvalue weighted by atomic mass is 10.1. The van der Waals surface area contributed by atoms with E-state index in [1.165, 1.54) is 22.2 Å². The molecule has 0 aliphatic rings. The Kier molecular flexibility index (Phi) is 5.14. The van der Waals surface area contributed by atoms with Crippen LogP contribution in [0.15, 0.2) is 71.1 Å². The Morgan fingerprint density at radius 2 is 1.86 bits per heavy atom. The Labute approximate surface area is 171 Å². The van der Waals surface area contributed by atoms with Crippen LogP contribution in [0, 0.1) is 0 Å². The molecule has 146 valence electrons. The molecule has 0 aliphatic carbocycles. The average Bonchev–Trinajstić information content (AvgIpc) is 3.19. The fourth-order valence-corrected chi connectivity index (χ4v) is 4.07. The molecule has 4 rings (SSSR count). The Morgan fingerprint density at radius 3 is 2.62 bits per heavy atom. The monoisotopic (exact) mass is 405 g/mol. The van der Waals surface area contributed by atoms with Gasteiger partial charge in [-0.3, -0.25) is 14.2 Å². The van der Waals surface area contributed by atoms with Gasteiger partial charge >= 0.3 is 0 Å². The average molecular weight is 405 g/mol. The Balaban J connectivity index is 1.71. The van der Waals surface area contributed by atoms with Gasteiger partial charge in [-0.2, -0.15) is 0 Å². The zero-order valence-electron chi connectivity index (χ0n) is 16.0. The van der Waals surface area contributed by atoms with E-state index in [9.17, 15) is 9.59 Å². The third-order valence-corrected chi connectivity index (χ3v) is 5.65. The largest absolute Gasteiger partial charge is 0.495 e. The van der Waals surface area contributed by atoms with Gasteiger partial charge in [0.05, 0.1) is 24.5 Å². The fraction of sp³-hybridized carbons (Fsp3) is 0.136. The summed E-state index contributed by atoms with van der Waals surface area (Å²) in [6.07, 6.45) is 1.43. The van der Waals surface area contributed by atoms with Gasteiger partial charge in [-0.15, -0.1) is 11.3 Å². The third-order valence-electron chi connectivity index (χ3n) is 4.77. The van der Waals surface area contributed by atoms with Crippen molar-refractivity contribution in [2.45, 2.75) is 13.0 Å². The molecule has 0 bridgehead atoms. The van der Waals surface area contributed by atoms with Crippen LogP contribution in [-0.4, -0.2) is 22.6 Å². The molecule has 0 spiro atoms. The number of anilines is 1. The molecule has 1 atom stereocenters. The maximum atomic E-state index is 13.2. The van der Waals surface area contributed by atoms with Crippen molar-refractivity contribution in [1.82, 2.24) is 9.55 Å². The first-order valence-electron chi connectivity index (χ1n) is 9.07. The number of amides is 1. The molecule has 2 aromatic heterocycles. The minimum absolute atomic E-state index is 0.238. The van der Waals surface area contributed by atoms with Crippen molar-refractivity contribution in [3.05, 3.63) is 76.7 Å². The predicted octanol–water partition coefficient (Wildman–Crippen LogP) is 4.33. The van der Waals surface area contributed by atoms with E-state index in [2.05, 4.69) is 10.3 Å². The molecule has 6 nitrogen and oxygen atoms in total.